The zero-order chi connectivity index (χ0) is 28.7. The van der Waals surface area contributed by atoms with Crippen LogP contribution in [0.5, 0.6) is 0 Å². The van der Waals surface area contributed by atoms with Gasteiger partial charge < -0.3 is 0 Å². The van der Waals surface area contributed by atoms with Crippen molar-refractivity contribution in [3.05, 3.63) is 78.5 Å². The van der Waals surface area contributed by atoms with Crippen molar-refractivity contribution < 1.29 is 9.59 Å². The van der Waals surface area contributed by atoms with Gasteiger partial charge in [0.05, 0.1) is 0 Å². The van der Waals surface area contributed by atoms with Crippen LogP contribution in [0.4, 0.5) is 5.69 Å². The molecular weight excluding hydrogens is 482 g/mol. The number of rotatable bonds is 9. The lowest BCUT2D eigenvalue weighted by atomic mass is 9.75. The van der Waals surface area contributed by atoms with E-state index in [4.69, 9.17) is 0 Å². The molecule has 0 aromatic heterocycles. The number of para-hydroxylation sites is 1. The fourth-order valence-electron chi connectivity index (χ4n) is 5.60. The van der Waals surface area contributed by atoms with Crippen molar-refractivity contribution in [2.24, 2.45) is 5.41 Å². The smallest absolute Gasteiger partial charge is 0.236 e. The van der Waals surface area contributed by atoms with Crippen LogP contribution in [0.1, 0.15) is 81.2 Å². The second-order valence-electron chi connectivity index (χ2n) is 12.3. The standard InChI is InChI=1S/C34H47NO2Si/c1-26(2)38(27(3)4,28(5)6)25-23-34(29(7)36,30-18-13-11-14-19-30)22-17-24-35(32(37)33(8,9)10)31-20-15-12-16-21-31/h11-21,24,26-28H,22H2,1-10H3/b24-17+/t34-/m0/s1. The van der Waals surface area contributed by atoms with Crippen molar-refractivity contribution >= 4 is 25.5 Å². The molecule has 1 amide bonds. The van der Waals surface area contributed by atoms with E-state index in [1.54, 1.807) is 11.8 Å². The molecule has 0 radical (unpaired) electrons. The fraction of sp³-hybridized carbons (Fsp3) is 0.471. The van der Waals surface area contributed by atoms with Gasteiger partial charge >= 0.3 is 0 Å². The molecule has 0 saturated heterocycles. The molecule has 2 aromatic carbocycles. The second kappa shape index (κ2) is 12.8. The van der Waals surface area contributed by atoms with Crippen molar-refractivity contribution in [2.45, 2.75) is 97.7 Å². The van der Waals surface area contributed by atoms with Gasteiger partial charge in [-0.2, -0.15) is 0 Å². The van der Waals surface area contributed by atoms with E-state index in [-0.39, 0.29) is 11.7 Å². The highest BCUT2D eigenvalue weighted by atomic mass is 28.3. The molecule has 0 N–H and O–H groups in total. The van der Waals surface area contributed by atoms with Crippen molar-refractivity contribution in [1.82, 2.24) is 0 Å². The average Bonchev–Trinajstić information content (AvgIpc) is 2.85. The fourth-order valence-corrected chi connectivity index (χ4v) is 10.9. The number of nitrogens with zero attached hydrogens (tertiary/aromatic N) is 1. The lowest BCUT2D eigenvalue weighted by Crippen LogP contribution is -2.44. The third-order valence-corrected chi connectivity index (χ3v) is 14.1. The highest BCUT2D eigenvalue weighted by molar-refractivity contribution is 6.90. The van der Waals surface area contributed by atoms with E-state index >= 15 is 0 Å². The highest BCUT2D eigenvalue weighted by Crippen LogP contribution is 2.41. The van der Waals surface area contributed by atoms with E-state index in [0.717, 1.165) is 11.3 Å². The van der Waals surface area contributed by atoms with Gasteiger partial charge in [-0.1, -0.05) is 123 Å². The van der Waals surface area contributed by atoms with E-state index in [0.29, 0.717) is 23.0 Å². The molecule has 3 nitrogen and oxygen atoms in total. The third-order valence-electron chi connectivity index (χ3n) is 7.80. The van der Waals surface area contributed by atoms with Crippen LogP contribution in [-0.4, -0.2) is 19.8 Å². The molecule has 0 spiro atoms. The summed E-state index contributed by atoms with van der Waals surface area (Å²) in [7, 11) is -2.07. The quantitative estimate of drug-likeness (QED) is 0.241. The van der Waals surface area contributed by atoms with Crippen LogP contribution in [0.3, 0.4) is 0 Å². The number of carbonyl (C=O) groups excluding carboxylic acids is 2. The Morgan fingerprint density at radius 1 is 0.842 bits per heavy atom. The number of Topliss-reactive ketones (excluding diaryl/α,β-unsaturated/α-hetero) is 1. The van der Waals surface area contributed by atoms with Crippen LogP contribution in [0.25, 0.3) is 0 Å². The first-order valence-electron chi connectivity index (χ1n) is 13.9. The molecule has 204 valence electrons. The number of anilines is 1. The van der Waals surface area contributed by atoms with Crippen LogP contribution in [0.15, 0.2) is 72.9 Å². The van der Waals surface area contributed by atoms with Gasteiger partial charge in [-0.25, -0.2) is 0 Å². The molecule has 0 fully saturated rings. The summed E-state index contributed by atoms with van der Waals surface area (Å²) < 4.78 is 0. The summed E-state index contributed by atoms with van der Waals surface area (Å²) in [4.78, 5) is 28.6. The Hall–Kier alpha value is -2.90. The van der Waals surface area contributed by atoms with Crippen molar-refractivity contribution in [1.29, 1.82) is 0 Å². The Bertz CT molecular complexity index is 1140. The zero-order valence-corrected chi connectivity index (χ0v) is 26.1. The summed E-state index contributed by atoms with van der Waals surface area (Å²) in [5.41, 5.74) is 5.36. The monoisotopic (exact) mass is 529 g/mol. The highest BCUT2D eigenvalue weighted by Gasteiger charge is 2.43. The van der Waals surface area contributed by atoms with E-state index in [9.17, 15) is 9.59 Å². The topological polar surface area (TPSA) is 37.4 Å². The number of amides is 1. The van der Waals surface area contributed by atoms with Crippen LogP contribution in [-0.2, 0) is 15.0 Å². The van der Waals surface area contributed by atoms with Gasteiger partial charge in [0.1, 0.15) is 13.5 Å². The summed E-state index contributed by atoms with van der Waals surface area (Å²) in [5, 5.41) is 0. The summed E-state index contributed by atoms with van der Waals surface area (Å²) in [5.74, 6) is 3.63. The van der Waals surface area contributed by atoms with Crippen LogP contribution >= 0.6 is 0 Å². The maximum atomic E-state index is 13.5. The van der Waals surface area contributed by atoms with Gasteiger partial charge in [-0.3, -0.25) is 14.5 Å². The predicted molar refractivity (Wildman–Crippen MR) is 165 cm³/mol. The van der Waals surface area contributed by atoms with Crippen LogP contribution in [0, 0.1) is 16.9 Å². The first-order chi connectivity index (χ1) is 17.7. The average molecular weight is 530 g/mol. The first-order valence-corrected chi connectivity index (χ1v) is 16.1. The van der Waals surface area contributed by atoms with Gasteiger partial charge in [0.15, 0.2) is 5.78 Å². The Kier molecular flexibility index (Phi) is 10.5. The van der Waals surface area contributed by atoms with E-state index < -0.39 is 18.9 Å². The van der Waals surface area contributed by atoms with Gasteiger partial charge in [-0.05, 0) is 47.7 Å². The van der Waals surface area contributed by atoms with Gasteiger partial charge in [0.2, 0.25) is 5.91 Å². The molecule has 2 aromatic rings. The normalized spacial score (nSPS) is 13.9. The van der Waals surface area contributed by atoms with Crippen molar-refractivity contribution in [3.63, 3.8) is 0 Å². The number of hydrogen-bond acceptors (Lipinski definition) is 2. The molecular formula is C34H47NO2Si. The summed E-state index contributed by atoms with van der Waals surface area (Å²) in [6.07, 6.45) is 4.16. The molecule has 0 saturated carbocycles. The van der Waals surface area contributed by atoms with Crippen molar-refractivity contribution in [3.8, 4) is 11.5 Å². The third kappa shape index (κ3) is 6.75. The van der Waals surface area contributed by atoms with Crippen molar-refractivity contribution in [2.75, 3.05) is 4.90 Å². The second-order valence-corrected chi connectivity index (χ2v) is 17.9. The number of carbonyl (C=O) groups is 2. The molecule has 0 bridgehead atoms. The Balaban J connectivity index is 2.70. The summed E-state index contributed by atoms with van der Waals surface area (Å²) >= 11 is 0. The maximum absolute atomic E-state index is 13.5. The number of benzene rings is 2. The molecule has 38 heavy (non-hydrogen) atoms. The molecule has 0 aliphatic heterocycles. The lowest BCUT2D eigenvalue weighted by Gasteiger charge is -2.38. The Morgan fingerprint density at radius 3 is 1.74 bits per heavy atom. The SMILES string of the molecule is CC(=O)[C@@](C#C[Si](C(C)C)(C(C)C)C(C)C)(C/C=C/N(C(=O)C(C)(C)C)c1ccccc1)c1ccccc1. The molecule has 1 atom stereocenters. The minimum absolute atomic E-state index is 0.00924. The predicted octanol–water partition coefficient (Wildman–Crippen LogP) is 8.72. The van der Waals surface area contributed by atoms with E-state index in [1.165, 1.54) is 0 Å². The van der Waals surface area contributed by atoms with E-state index in [2.05, 4.69) is 53.0 Å². The number of allylic oxidation sites excluding steroid dienone is 1. The Labute approximate surface area is 232 Å². The minimum atomic E-state index is -2.07. The first kappa shape index (κ1) is 31.3. The summed E-state index contributed by atoms with van der Waals surface area (Å²) in [6, 6.07) is 19.6. The van der Waals surface area contributed by atoms with Crippen LogP contribution in [0.2, 0.25) is 16.6 Å². The number of hydrogen-bond donors (Lipinski definition) is 0. The van der Waals surface area contributed by atoms with Gasteiger partial charge in [0, 0.05) is 17.3 Å². The van der Waals surface area contributed by atoms with Gasteiger partial charge in [0.25, 0.3) is 0 Å². The lowest BCUT2D eigenvalue weighted by molar-refractivity contribution is -0.125. The molecule has 0 aliphatic rings. The molecule has 0 aliphatic carbocycles. The molecule has 2 rings (SSSR count). The molecule has 4 heteroatoms. The van der Waals surface area contributed by atoms with Crippen LogP contribution < -0.4 is 4.90 Å². The zero-order valence-electron chi connectivity index (χ0n) is 25.1. The Morgan fingerprint density at radius 2 is 1.32 bits per heavy atom. The van der Waals surface area contributed by atoms with E-state index in [1.807, 2.05) is 93.7 Å². The largest absolute Gasteiger partial charge is 0.298 e. The minimum Gasteiger partial charge on any atom is -0.298 e. The number of ketones is 1. The van der Waals surface area contributed by atoms with Gasteiger partial charge in [-0.15, -0.1) is 5.54 Å². The molecule has 0 heterocycles. The summed E-state index contributed by atoms with van der Waals surface area (Å²) in [6.45, 7) is 21.1. The molecule has 0 unspecified atom stereocenters. The maximum Gasteiger partial charge on any atom is 0.236 e.